The van der Waals surface area contributed by atoms with E-state index in [1.165, 1.54) is 0 Å². The van der Waals surface area contributed by atoms with E-state index in [-0.39, 0.29) is 26.3 Å². The van der Waals surface area contributed by atoms with Crippen molar-refractivity contribution in [3.05, 3.63) is 0 Å². The average Bonchev–Trinajstić information content (AvgIpc) is 2.76. The molecule has 1 atom stereocenters. The van der Waals surface area contributed by atoms with Crippen molar-refractivity contribution in [3.8, 4) is 0 Å². The number of hydroxylamine groups is 2. The minimum absolute atomic E-state index is 0.174. The molecule has 2 fully saturated rings. The summed E-state index contributed by atoms with van der Waals surface area (Å²) < 4.78 is 26.3. The second-order valence-electron chi connectivity index (χ2n) is 2.77. The third kappa shape index (κ3) is 2.00. The summed E-state index contributed by atoms with van der Waals surface area (Å²) in [6, 6.07) is 0. The summed E-state index contributed by atoms with van der Waals surface area (Å²) in [5.41, 5.74) is 0. The molecule has 0 saturated carbocycles. The maximum Gasteiger partial charge on any atom is 0.676 e. The molecule has 82 valence electrons. The first kappa shape index (κ1) is 10.1. The Bertz CT molecular complexity index is 321. The predicted octanol–water partition coefficient (Wildman–Crippen LogP) is 0.480. The minimum atomic E-state index is -2.42. The highest BCUT2D eigenvalue weighted by molar-refractivity contribution is 7.37. The molecule has 0 radical (unpaired) electrons. The van der Waals surface area contributed by atoms with Crippen LogP contribution in [0.25, 0.3) is 0 Å². The SMILES string of the molecule is O=C1OCCN1O[P+](=O)N1CCOC1=O. The van der Waals surface area contributed by atoms with Crippen molar-refractivity contribution >= 4 is 20.4 Å². The molecule has 0 N–H and O–H groups in total. The van der Waals surface area contributed by atoms with Crippen molar-refractivity contribution in [2.45, 2.75) is 0 Å². The number of cyclic esters (lactones) is 2. The summed E-state index contributed by atoms with van der Waals surface area (Å²) >= 11 is 0. The van der Waals surface area contributed by atoms with E-state index >= 15 is 0 Å². The van der Waals surface area contributed by atoms with E-state index in [4.69, 9.17) is 4.62 Å². The number of ether oxygens (including phenoxy) is 2. The fourth-order valence-corrected chi connectivity index (χ4v) is 1.96. The first-order valence-corrected chi connectivity index (χ1v) is 5.35. The summed E-state index contributed by atoms with van der Waals surface area (Å²) in [5.74, 6) is 0. The lowest BCUT2D eigenvalue weighted by atomic mass is 10.7. The smallest absolute Gasteiger partial charge is 0.446 e. The zero-order valence-electron chi connectivity index (χ0n) is 7.62. The molecule has 0 aliphatic carbocycles. The van der Waals surface area contributed by atoms with Gasteiger partial charge in [0.25, 0.3) is 0 Å². The van der Waals surface area contributed by atoms with Crippen molar-refractivity contribution in [1.29, 1.82) is 0 Å². The monoisotopic (exact) mass is 235 g/mol. The number of amides is 2. The van der Waals surface area contributed by atoms with Crippen molar-refractivity contribution in [2.24, 2.45) is 0 Å². The summed E-state index contributed by atoms with van der Waals surface area (Å²) in [4.78, 5) is 21.9. The Morgan fingerprint density at radius 1 is 1.13 bits per heavy atom. The molecule has 2 aliphatic rings. The second kappa shape index (κ2) is 4.00. The molecule has 0 spiro atoms. The molecular formula is C6H8N2O6P+. The van der Waals surface area contributed by atoms with Gasteiger partial charge in [0, 0.05) is 9.19 Å². The van der Waals surface area contributed by atoms with E-state index in [0.29, 0.717) is 0 Å². The fraction of sp³-hybridized carbons (Fsp3) is 0.667. The lowest BCUT2D eigenvalue weighted by Crippen LogP contribution is -2.25. The minimum Gasteiger partial charge on any atom is -0.446 e. The van der Waals surface area contributed by atoms with Gasteiger partial charge >= 0.3 is 20.4 Å². The van der Waals surface area contributed by atoms with E-state index in [1.54, 1.807) is 0 Å². The predicted molar refractivity (Wildman–Crippen MR) is 44.8 cm³/mol. The maximum absolute atomic E-state index is 11.5. The molecular weight excluding hydrogens is 227 g/mol. The number of nitrogens with zero attached hydrogens (tertiary/aromatic N) is 2. The van der Waals surface area contributed by atoms with E-state index < -0.39 is 20.4 Å². The van der Waals surface area contributed by atoms with Gasteiger partial charge in [-0.15, -0.1) is 5.06 Å². The van der Waals surface area contributed by atoms with Gasteiger partial charge in [0.1, 0.15) is 19.8 Å². The van der Waals surface area contributed by atoms with Crippen LogP contribution in [-0.2, 0) is 18.7 Å². The molecule has 2 aliphatic heterocycles. The topological polar surface area (TPSA) is 85.4 Å². The standard InChI is InChI=1S/C6H8N2O6P/c9-5-7(1-3-12-5)14-15(11)8-2-4-13-6(8)10/h1-4H2/q+1. The maximum atomic E-state index is 11.5. The Labute approximate surface area is 85.5 Å². The number of rotatable bonds is 3. The van der Waals surface area contributed by atoms with Crippen LogP contribution in [0, 0.1) is 0 Å². The molecule has 1 unspecified atom stereocenters. The molecule has 0 aromatic heterocycles. The summed E-state index contributed by atoms with van der Waals surface area (Å²) in [5, 5.41) is 0.824. The third-order valence-electron chi connectivity index (χ3n) is 1.83. The first-order chi connectivity index (χ1) is 7.18. The number of hydrogen-bond donors (Lipinski definition) is 0. The summed E-state index contributed by atoms with van der Waals surface area (Å²) in [7, 11) is -2.42. The van der Waals surface area contributed by atoms with Crippen molar-refractivity contribution in [2.75, 3.05) is 26.3 Å². The molecule has 2 amide bonds. The molecule has 8 nitrogen and oxygen atoms in total. The van der Waals surface area contributed by atoms with Gasteiger partial charge in [-0.25, -0.2) is 9.59 Å². The largest absolute Gasteiger partial charge is 0.676 e. The zero-order valence-corrected chi connectivity index (χ0v) is 8.51. The lowest BCUT2D eigenvalue weighted by Gasteiger charge is -2.03. The van der Waals surface area contributed by atoms with Crippen LogP contribution < -0.4 is 0 Å². The van der Waals surface area contributed by atoms with Gasteiger partial charge in [-0.05, 0) is 0 Å². The average molecular weight is 235 g/mol. The van der Waals surface area contributed by atoms with Crippen LogP contribution in [0.2, 0.25) is 0 Å². The highest BCUT2D eigenvalue weighted by Crippen LogP contribution is 2.33. The van der Waals surface area contributed by atoms with E-state index in [9.17, 15) is 14.2 Å². The van der Waals surface area contributed by atoms with Crippen LogP contribution in [0.4, 0.5) is 9.59 Å². The van der Waals surface area contributed by atoms with Crippen LogP contribution in [0.1, 0.15) is 0 Å². The molecule has 0 bridgehead atoms. The van der Waals surface area contributed by atoms with Gasteiger partial charge in [-0.1, -0.05) is 4.67 Å². The van der Waals surface area contributed by atoms with Crippen molar-refractivity contribution < 1.29 is 28.3 Å². The molecule has 0 aromatic carbocycles. The number of carbonyl (C=O) groups excluding carboxylic acids is 2. The second-order valence-corrected chi connectivity index (χ2v) is 3.90. The van der Waals surface area contributed by atoms with Gasteiger partial charge in [-0.3, -0.25) is 0 Å². The summed E-state index contributed by atoms with van der Waals surface area (Å²) in [6.45, 7) is 0.750. The molecule has 2 heterocycles. The van der Waals surface area contributed by atoms with Gasteiger partial charge in [0.15, 0.2) is 0 Å². The van der Waals surface area contributed by atoms with Crippen LogP contribution in [0.3, 0.4) is 0 Å². The Kier molecular flexibility index (Phi) is 2.70. The number of carbonyl (C=O) groups is 2. The quantitative estimate of drug-likeness (QED) is 0.661. The highest BCUT2D eigenvalue weighted by Gasteiger charge is 2.45. The van der Waals surface area contributed by atoms with E-state index in [0.717, 1.165) is 9.73 Å². The Morgan fingerprint density at radius 2 is 1.80 bits per heavy atom. The molecule has 15 heavy (non-hydrogen) atoms. The fourth-order valence-electron chi connectivity index (χ4n) is 1.12. The van der Waals surface area contributed by atoms with Crippen LogP contribution >= 0.6 is 8.18 Å². The van der Waals surface area contributed by atoms with Crippen molar-refractivity contribution in [3.63, 3.8) is 0 Å². The molecule has 9 heteroatoms. The van der Waals surface area contributed by atoms with Crippen LogP contribution in [0.5, 0.6) is 0 Å². The molecule has 0 aromatic rings. The lowest BCUT2D eigenvalue weighted by molar-refractivity contribution is 0.00118. The normalized spacial score (nSPS) is 21.7. The van der Waals surface area contributed by atoms with Gasteiger partial charge in [0.2, 0.25) is 0 Å². The molecule has 2 rings (SSSR count). The Hall–Kier alpha value is -1.40. The molecule has 2 saturated heterocycles. The Balaban J connectivity index is 1.91. The first-order valence-electron chi connectivity index (χ1n) is 4.22. The van der Waals surface area contributed by atoms with E-state index in [2.05, 4.69) is 9.47 Å². The van der Waals surface area contributed by atoms with Crippen LogP contribution in [0.15, 0.2) is 0 Å². The Morgan fingerprint density at radius 3 is 2.33 bits per heavy atom. The van der Waals surface area contributed by atoms with Gasteiger partial charge < -0.3 is 9.47 Å². The third-order valence-corrected chi connectivity index (χ3v) is 2.92. The summed E-state index contributed by atoms with van der Waals surface area (Å²) in [6.07, 6.45) is -1.41. The van der Waals surface area contributed by atoms with Crippen LogP contribution in [-0.4, -0.2) is 48.2 Å². The van der Waals surface area contributed by atoms with Crippen molar-refractivity contribution in [1.82, 2.24) is 9.73 Å². The van der Waals surface area contributed by atoms with Gasteiger partial charge in [-0.2, -0.15) is 0 Å². The highest BCUT2D eigenvalue weighted by atomic mass is 31.1. The zero-order chi connectivity index (χ0) is 10.8. The number of hydrogen-bond acceptors (Lipinski definition) is 6. The van der Waals surface area contributed by atoms with Gasteiger partial charge in [0.05, 0.1) is 6.54 Å². The van der Waals surface area contributed by atoms with E-state index in [1.807, 2.05) is 0 Å².